The number of amides is 2. The van der Waals surface area contributed by atoms with Gasteiger partial charge in [-0.2, -0.15) is 0 Å². The van der Waals surface area contributed by atoms with Crippen molar-refractivity contribution in [3.8, 4) is 11.5 Å². The van der Waals surface area contributed by atoms with Crippen molar-refractivity contribution >= 4 is 17.5 Å². The van der Waals surface area contributed by atoms with Gasteiger partial charge in [-0.05, 0) is 36.4 Å². The van der Waals surface area contributed by atoms with E-state index in [1.807, 2.05) is 0 Å². The maximum atomic E-state index is 12.8. The van der Waals surface area contributed by atoms with Gasteiger partial charge in [0.2, 0.25) is 5.91 Å². The zero-order chi connectivity index (χ0) is 17.6. The zero-order valence-corrected chi connectivity index (χ0v) is 13.4. The molecule has 0 atom stereocenters. The van der Waals surface area contributed by atoms with E-state index in [9.17, 15) is 14.0 Å². The first-order valence-corrected chi connectivity index (χ1v) is 7.85. The van der Waals surface area contributed by atoms with E-state index in [1.165, 1.54) is 24.3 Å². The highest BCUT2D eigenvalue weighted by Crippen LogP contribution is 2.32. The maximum Gasteiger partial charge on any atom is 0.251 e. The minimum Gasteiger partial charge on any atom is -0.490 e. The molecule has 2 amide bonds. The summed E-state index contributed by atoms with van der Waals surface area (Å²) < 4.78 is 23.9. The van der Waals surface area contributed by atoms with Crippen molar-refractivity contribution in [1.29, 1.82) is 0 Å². The highest BCUT2D eigenvalue weighted by molar-refractivity contribution is 5.99. The van der Waals surface area contributed by atoms with Crippen molar-refractivity contribution in [1.82, 2.24) is 5.32 Å². The quantitative estimate of drug-likeness (QED) is 0.893. The highest BCUT2D eigenvalue weighted by Gasteiger charge is 2.13. The Balaban J connectivity index is 1.55. The third-order valence-electron chi connectivity index (χ3n) is 3.55. The predicted octanol–water partition coefficient (Wildman–Crippen LogP) is 2.36. The second-order valence-electron chi connectivity index (χ2n) is 5.45. The summed E-state index contributed by atoms with van der Waals surface area (Å²) in [7, 11) is 0. The van der Waals surface area contributed by atoms with Gasteiger partial charge >= 0.3 is 0 Å². The van der Waals surface area contributed by atoms with E-state index in [0.717, 1.165) is 6.42 Å². The first kappa shape index (κ1) is 16.8. The first-order valence-electron chi connectivity index (χ1n) is 7.85. The zero-order valence-electron chi connectivity index (χ0n) is 13.4. The molecule has 0 aliphatic carbocycles. The van der Waals surface area contributed by atoms with Crippen molar-refractivity contribution in [2.24, 2.45) is 0 Å². The molecule has 0 aromatic heterocycles. The van der Waals surface area contributed by atoms with E-state index in [2.05, 4.69) is 10.6 Å². The molecular weight excluding hydrogens is 327 g/mol. The number of anilines is 1. The van der Waals surface area contributed by atoms with Gasteiger partial charge in [0.15, 0.2) is 11.5 Å². The van der Waals surface area contributed by atoms with Crippen LogP contribution in [0.5, 0.6) is 11.5 Å². The molecule has 1 heterocycles. The van der Waals surface area contributed by atoms with E-state index >= 15 is 0 Å². The Kier molecular flexibility index (Phi) is 5.13. The van der Waals surface area contributed by atoms with Crippen LogP contribution in [0.3, 0.4) is 0 Å². The summed E-state index contributed by atoms with van der Waals surface area (Å²) in [6, 6.07) is 10.2. The minimum atomic E-state index is -0.450. The molecule has 0 bridgehead atoms. The standard InChI is InChI=1S/C18H17FN2O4/c19-13-4-2-12(3-5-13)18(23)20-11-17(22)21-14-6-7-15-16(10-14)25-9-1-8-24-15/h2-7,10H,1,8-9,11H2,(H,20,23)(H,21,22). The molecular formula is C18H17FN2O4. The van der Waals surface area contributed by atoms with Crippen molar-refractivity contribution in [3.05, 3.63) is 53.8 Å². The summed E-state index contributed by atoms with van der Waals surface area (Å²) in [5.74, 6) is -0.0479. The lowest BCUT2D eigenvalue weighted by atomic mass is 10.2. The van der Waals surface area contributed by atoms with E-state index in [0.29, 0.717) is 30.4 Å². The van der Waals surface area contributed by atoms with Gasteiger partial charge in [-0.1, -0.05) is 0 Å². The van der Waals surface area contributed by atoms with Crippen molar-refractivity contribution < 1.29 is 23.5 Å². The maximum absolute atomic E-state index is 12.8. The fourth-order valence-corrected chi connectivity index (χ4v) is 2.31. The van der Waals surface area contributed by atoms with E-state index in [-0.39, 0.29) is 18.0 Å². The molecule has 130 valence electrons. The summed E-state index contributed by atoms with van der Waals surface area (Å²) >= 11 is 0. The Hall–Kier alpha value is -3.09. The highest BCUT2D eigenvalue weighted by atomic mass is 19.1. The second kappa shape index (κ2) is 7.65. The molecule has 2 N–H and O–H groups in total. The van der Waals surface area contributed by atoms with Crippen LogP contribution in [-0.4, -0.2) is 31.6 Å². The lowest BCUT2D eigenvalue weighted by Crippen LogP contribution is -2.32. The SMILES string of the molecule is O=C(CNC(=O)c1ccc(F)cc1)Nc1ccc2c(c1)OCCCO2. The molecule has 3 rings (SSSR count). The summed E-state index contributed by atoms with van der Waals surface area (Å²) in [5, 5.41) is 5.16. The van der Waals surface area contributed by atoms with Crippen molar-refractivity contribution in [3.63, 3.8) is 0 Å². The van der Waals surface area contributed by atoms with Crippen LogP contribution in [0.2, 0.25) is 0 Å². The number of rotatable bonds is 4. The molecule has 0 saturated heterocycles. The van der Waals surface area contributed by atoms with Gasteiger partial charge in [-0.3, -0.25) is 9.59 Å². The summed E-state index contributed by atoms with van der Waals surface area (Å²) in [5.41, 5.74) is 0.829. The molecule has 1 aliphatic heterocycles. The van der Waals surface area contributed by atoms with Gasteiger partial charge in [0.05, 0.1) is 19.8 Å². The molecule has 0 spiro atoms. The Morgan fingerprint density at radius 2 is 1.72 bits per heavy atom. The number of carbonyl (C=O) groups excluding carboxylic acids is 2. The molecule has 6 nitrogen and oxygen atoms in total. The molecule has 2 aromatic carbocycles. The smallest absolute Gasteiger partial charge is 0.251 e. The van der Waals surface area contributed by atoms with E-state index in [4.69, 9.17) is 9.47 Å². The molecule has 7 heteroatoms. The van der Waals surface area contributed by atoms with Crippen LogP contribution in [0.1, 0.15) is 16.8 Å². The lowest BCUT2D eigenvalue weighted by molar-refractivity contribution is -0.115. The molecule has 1 aliphatic rings. The number of nitrogens with one attached hydrogen (secondary N) is 2. The topological polar surface area (TPSA) is 76.7 Å². The average molecular weight is 344 g/mol. The van der Waals surface area contributed by atoms with Crippen LogP contribution in [0, 0.1) is 5.82 Å². The van der Waals surface area contributed by atoms with Gasteiger partial charge in [0, 0.05) is 23.7 Å². The molecule has 2 aromatic rings. The predicted molar refractivity (Wildman–Crippen MR) is 89.4 cm³/mol. The van der Waals surface area contributed by atoms with Crippen LogP contribution in [0.4, 0.5) is 10.1 Å². The number of hydrogen-bond acceptors (Lipinski definition) is 4. The fourth-order valence-electron chi connectivity index (χ4n) is 2.31. The summed E-state index contributed by atoms with van der Waals surface area (Å²) in [6.45, 7) is 0.941. The number of benzene rings is 2. The Labute approximate surface area is 143 Å². The Morgan fingerprint density at radius 3 is 2.48 bits per heavy atom. The molecule has 0 fully saturated rings. The Bertz CT molecular complexity index is 777. The van der Waals surface area contributed by atoms with Crippen LogP contribution in [0.25, 0.3) is 0 Å². The number of ether oxygens (including phenoxy) is 2. The van der Waals surface area contributed by atoms with Gasteiger partial charge in [0.25, 0.3) is 5.91 Å². The van der Waals surface area contributed by atoms with Crippen molar-refractivity contribution in [2.45, 2.75) is 6.42 Å². The monoisotopic (exact) mass is 344 g/mol. The molecule has 0 unspecified atom stereocenters. The molecule has 0 saturated carbocycles. The van der Waals surface area contributed by atoms with Crippen LogP contribution < -0.4 is 20.1 Å². The lowest BCUT2D eigenvalue weighted by Gasteiger charge is -2.11. The van der Waals surface area contributed by atoms with Gasteiger partial charge in [-0.15, -0.1) is 0 Å². The number of hydrogen-bond donors (Lipinski definition) is 2. The van der Waals surface area contributed by atoms with Gasteiger partial charge < -0.3 is 20.1 Å². The number of fused-ring (bicyclic) bond motifs is 1. The second-order valence-corrected chi connectivity index (χ2v) is 5.45. The average Bonchev–Trinajstić information content (AvgIpc) is 2.85. The molecule has 25 heavy (non-hydrogen) atoms. The third kappa shape index (κ3) is 4.47. The fraction of sp³-hybridized carbons (Fsp3) is 0.222. The van der Waals surface area contributed by atoms with Gasteiger partial charge in [0.1, 0.15) is 5.82 Å². The number of carbonyl (C=O) groups is 2. The first-order chi connectivity index (χ1) is 12.1. The normalized spacial score (nSPS) is 12.8. The Morgan fingerprint density at radius 1 is 1.00 bits per heavy atom. The largest absolute Gasteiger partial charge is 0.490 e. The summed E-state index contributed by atoms with van der Waals surface area (Å²) in [6.07, 6.45) is 0.797. The van der Waals surface area contributed by atoms with E-state index in [1.54, 1.807) is 18.2 Å². The van der Waals surface area contributed by atoms with Crippen LogP contribution >= 0.6 is 0 Å². The van der Waals surface area contributed by atoms with Crippen LogP contribution in [-0.2, 0) is 4.79 Å². The number of halogens is 1. The summed E-state index contributed by atoms with van der Waals surface area (Å²) in [4.78, 5) is 23.9. The van der Waals surface area contributed by atoms with E-state index < -0.39 is 11.7 Å². The van der Waals surface area contributed by atoms with Gasteiger partial charge in [-0.25, -0.2) is 4.39 Å². The van der Waals surface area contributed by atoms with Crippen molar-refractivity contribution in [2.75, 3.05) is 25.1 Å². The minimum absolute atomic E-state index is 0.204. The van der Waals surface area contributed by atoms with Crippen LogP contribution in [0.15, 0.2) is 42.5 Å². The third-order valence-corrected chi connectivity index (χ3v) is 3.55. The molecule has 0 radical (unpaired) electrons.